The first-order valence-electron chi connectivity index (χ1n) is 11.0. The zero-order chi connectivity index (χ0) is 21.8. The number of morpholine rings is 1. The van der Waals surface area contributed by atoms with E-state index in [4.69, 9.17) is 4.74 Å². The van der Waals surface area contributed by atoms with E-state index < -0.39 is 0 Å². The maximum Gasteiger partial charge on any atom is 0.251 e. The van der Waals surface area contributed by atoms with E-state index in [1.54, 1.807) is 4.68 Å². The number of fused-ring (bicyclic) bond motifs is 1. The molecule has 0 unspecified atom stereocenters. The molecule has 3 aromatic rings. The smallest absolute Gasteiger partial charge is 0.251 e. The highest BCUT2D eigenvalue weighted by molar-refractivity contribution is 6.13. The third kappa shape index (κ3) is 4.46. The zero-order valence-electron chi connectivity index (χ0n) is 17.9. The van der Waals surface area contributed by atoms with Crippen LogP contribution in [0.25, 0.3) is 5.69 Å². The van der Waals surface area contributed by atoms with E-state index in [0.29, 0.717) is 18.7 Å². The molecular weight excluding hydrogens is 404 g/mol. The Kier molecular flexibility index (Phi) is 6.04. The van der Waals surface area contributed by atoms with Gasteiger partial charge < -0.3 is 10.1 Å². The van der Waals surface area contributed by atoms with Gasteiger partial charge in [-0.1, -0.05) is 35.5 Å². The van der Waals surface area contributed by atoms with Crippen LogP contribution in [0.3, 0.4) is 0 Å². The van der Waals surface area contributed by atoms with E-state index in [9.17, 15) is 4.79 Å². The molecule has 0 aliphatic carbocycles. The monoisotopic (exact) mass is 430 g/mol. The lowest BCUT2D eigenvalue weighted by molar-refractivity contribution is 0.0374. The second-order valence-corrected chi connectivity index (χ2v) is 7.98. The summed E-state index contributed by atoms with van der Waals surface area (Å²) < 4.78 is 7.05. The summed E-state index contributed by atoms with van der Waals surface area (Å²) in [4.78, 5) is 19.6. The molecule has 1 N–H and O–H groups in total. The van der Waals surface area contributed by atoms with Gasteiger partial charge in [-0.25, -0.2) is 4.68 Å². The third-order valence-electron chi connectivity index (χ3n) is 5.83. The molecule has 0 saturated carbocycles. The molecule has 1 fully saturated rings. The first-order valence-corrected chi connectivity index (χ1v) is 11.0. The van der Waals surface area contributed by atoms with Crippen molar-refractivity contribution in [2.75, 3.05) is 39.4 Å². The Labute approximate surface area is 186 Å². The lowest BCUT2D eigenvalue weighted by Crippen LogP contribution is -2.38. The van der Waals surface area contributed by atoms with E-state index in [0.717, 1.165) is 61.9 Å². The highest BCUT2D eigenvalue weighted by atomic mass is 16.5. The van der Waals surface area contributed by atoms with Gasteiger partial charge in [0.1, 0.15) is 5.69 Å². The Morgan fingerprint density at radius 2 is 1.97 bits per heavy atom. The van der Waals surface area contributed by atoms with E-state index >= 15 is 0 Å². The maximum absolute atomic E-state index is 12.6. The second kappa shape index (κ2) is 9.42. The normalized spacial score (nSPS) is 15.9. The van der Waals surface area contributed by atoms with Crippen LogP contribution in [0.4, 0.5) is 0 Å². The van der Waals surface area contributed by atoms with Gasteiger partial charge in [0.05, 0.1) is 37.4 Å². The molecular formula is C24H26N6O2. The Morgan fingerprint density at radius 3 is 2.88 bits per heavy atom. The number of aromatic nitrogens is 3. The van der Waals surface area contributed by atoms with Crippen molar-refractivity contribution in [2.24, 2.45) is 4.99 Å². The van der Waals surface area contributed by atoms with Crippen LogP contribution >= 0.6 is 0 Å². The van der Waals surface area contributed by atoms with Crippen molar-refractivity contribution in [3.05, 3.63) is 77.1 Å². The Bertz CT molecular complexity index is 1130. The topological polar surface area (TPSA) is 84.6 Å². The van der Waals surface area contributed by atoms with Crippen LogP contribution in [-0.4, -0.2) is 70.9 Å². The fourth-order valence-corrected chi connectivity index (χ4v) is 4.08. The zero-order valence-corrected chi connectivity index (χ0v) is 17.9. The first-order chi connectivity index (χ1) is 15.8. The maximum atomic E-state index is 12.6. The van der Waals surface area contributed by atoms with Crippen molar-refractivity contribution in [1.82, 2.24) is 25.2 Å². The van der Waals surface area contributed by atoms with E-state index in [-0.39, 0.29) is 5.91 Å². The van der Waals surface area contributed by atoms with Gasteiger partial charge in [0.2, 0.25) is 0 Å². The van der Waals surface area contributed by atoms with E-state index in [1.807, 2.05) is 42.6 Å². The number of hydrogen-bond donors (Lipinski definition) is 1. The van der Waals surface area contributed by atoms with Gasteiger partial charge in [-0.3, -0.25) is 14.7 Å². The number of nitrogens with one attached hydrogen (secondary N) is 1. The summed E-state index contributed by atoms with van der Waals surface area (Å²) in [6.07, 6.45) is 2.78. The quantitative estimate of drug-likeness (QED) is 0.580. The molecule has 1 saturated heterocycles. The van der Waals surface area contributed by atoms with Crippen LogP contribution in [0.5, 0.6) is 0 Å². The summed E-state index contributed by atoms with van der Waals surface area (Å²) in [5.41, 5.74) is 5.29. The molecule has 2 aromatic carbocycles. The summed E-state index contributed by atoms with van der Waals surface area (Å²) in [6, 6.07) is 15.6. The largest absolute Gasteiger partial charge is 0.379 e. The SMILES string of the molecule is O=C(NCCCN1CCOCC1)c1cccc(-n2cc(C3=NCc4ccccc43)nn2)c1. The van der Waals surface area contributed by atoms with Crippen LogP contribution in [0.1, 0.15) is 33.6 Å². The highest BCUT2D eigenvalue weighted by Crippen LogP contribution is 2.22. The van der Waals surface area contributed by atoms with Crippen molar-refractivity contribution in [3.63, 3.8) is 0 Å². The molecule has 32 heavy (non-hydrogen) atoms. The molecule has 2 aliphatic rings. The summed E-state index contributed by atoms with van der Waals surface area (Å²) >= 11 is 0. The number of amides is 1. The number of nitrogens with zero attached hydrogens (tertiary/aromatic N) is 5. The number of carbonyl (C=O) groups is 1. The van der Waals surface area contributed by atoms with Gasteiger partial charge in [0.15, 0.2) is 0 Å². The minimum absolute atomic E-state index is 0.0803. The fraction of sp³-hybridized carbons (Fsp3) is 0.333. The van der Waals surface area contributed by atoms with Gasteiger partial charge in [0, 0.05) is 30.8 Å². The molecule has 8 nitrogen and oxygen atoms in total. The predicted molar refractivity (Wildman–Crippen MR) is 121 cm³/mol. The lowest BCUT2D eigenvalue weighted by atomic mass is 10.0. The second-order valence-electron chi connectivity index (χ2n) is 7.98. The minimum atomic E-state index is -0.0803. The van der Waals surface area contributed by atoms with Crippen molar-refractivity contribution in [1.29, 1.82) is 0 Å². The third-order valence-corrected chi connectivity index (χ3v) is 5.83. The van der Waals surface area contributed by atoms with Crippen molar-refractivity contribution in [3.8, 4) is 5.69 Å². The molecule has 5 rings (SSSR count). The average Bonchev–Trinajstić information content (AvgIpc) is 3.50. The molecule has 0 atom stereocenters. The lowest BCUT2D eigenvalue weighted by Gasteiger charge is -2.26. The predicted octanol–water partition coefficient (Wildman–Crippen LogP) is 2.07. The molecule has 0 bridgehead atoms. The Morgan fingerprint density at radius 1 is 1.09 bits per heavy atom. The first kappa shape index (κ1) is 20.5. The standard InChI is InChI=1S/C24H26N6O2/c31-24(25-9-4-10-29-11-13-32-14-12-29)18-6-3-7-20(15-18)30-17-22(27-28-30)23-21-8-2-1-5-19(21)16-26-23/h1-3,5-8,15,17H,4,9-14,16H2,(H,25,31). The molecule has 1 amide bonds. The summed E-state index contributed by atoms with van der Waals surface area (Å²) in [7, 11) is 0. The average molecular weight is 431 g/mol. The summed E-state index contributed by atoms with van der Waals surface area (Å²) in [6.45, 7) is 5.80. The van der Waals surface area contributed by atoms with Gasteiger partial charge in [-0.15, -0.1) is 5.10 Å². The van der Waals surface area contributed by atoms with Crippen molar-refractivity contribution < 1.29 is 9.53 Å². The number of ether oxygens (including phenoxy) is 1. The number of aliphatic imine (C=N–C) groups is 1. The molecule has 164 valence electrons. The van der Waals surface area contributed by atoms with Gasteiger partial charge in [-0.2, -0.15) is 0 Å². The fourth-order valence-electron chi connectivity index (χ4n) is 4.08. The van der Waals surface area contributed by atoms with Gasteiger partial charge in [-0.05, 0) is 36.7 Å². The number of hydrogen-bond acceptors (Lipinski definition) is 6. The van der Waals surface area contributed by atoms with Crippen LogP contribution in [0.2, 0.25) is 0 Å². The van der Waals surface area contributed by atoms with Gasteiger partial charge >= 0.3 is 0 Å². The van der Waals surface area contributed by atoms with Crippen LogP contribution in [0, 0.1) is 0 Å². The van der Waals surface area contributed by atoms with Gasteiger partial charge in [0.25, 0.3) is 5.91 Å². The number of carbonyl (C=O) groups excluding carboxylic acids is 1. The molecule has 8 heteroatoms. The summed E-state index contributed by atoms with van der Waals surface area (Å²) in [5, 5.41) is 11.6. The molecule has 3 heterocycles. The van der Waals surface area contributed by atoms with E-state index in [1.165, 1.54) is 5.56 Å². The Hall–Kier alpha value is -3.36. The molecule has 0 radical (unpaired) electrons. The number of rotatable bonds is 7. The summed E-state index contributed by atoms with van der Waals surface area (Å²) in [5.74, 6) is -0.0803. The molecule has 0 spiro atoms. The molecule has 2 aliphatic heterocycles. The Balaban J connectivity index is 1.21. The van der Waals surface area contributed by atoms with Crippen LogP contribution < -0.4 is 5.32 Å². The molecule has 1 aromatic heterocycles. The highest BCUT2D eigenvalue weighted by Gasteiger charge is 2.20. The van der Waals surface area contributed by atoms with Crippen molar-refractivity contribution in [2.45, 2.75) is 13.0 Å². The van der Waals surface area contributed by atoms with Crippen molar-refractivity contribution >= 4 is 11.6 Å². The minimum Gasteiger partial charge on any atom is -0.379 e. The van der Waals surface area contributed by atoms with Crippen LogP contribution in [0.15, 0.2) is 59.7 Å². The number of benzene rings is 2. The van der Waals surface area contributed by atoms with Crippen LogP contribution in [-0.2, 0) is 11.3 Å². The van der Waals surface area contributed by atoms with E-state index in [2.05, 4.69) is 37.7 Å².